The van der Waals surface area contributed by atoms with Gasteiger partial charge in [0.1, 0.15) is 0 Å². The topological polar surface area (TPSA) is 29.5 Å². The number of aryl methyl sites for hydroxylation is 1. The summed E-state index contributed by atoms with van der Waals surface area (Å²) in [7, 11) is 0. The molecule has 1 fully saturated rings. The Bertz CT molecular complexity index is 556. The molecule has 2 aromatic rings. The molecule has 2 aromatic carbocycles. The van der Waals surface area contributed by atoms with E-state index in [1.165, 1.54) is 10.9 Å². The zero-order valence-corrected chi connectivity index (χ0v) is 10.6. The Morgan fingerprint density at radius 1 is 1.17 bits per heavy atom. The predicted molar refractivity (Wildman–Crippen MR) is 72.6 cm³/mol. The quantitative estimate of drug-likeness (QED) is 0.876. The molecule has 0 saturated carbocycles. The van der Waals surface area contributed by atoms with Crippen LogP contribution in [0.3, 0.4) is 0 Å². The lowest BCUT2D eigenvalue weighted by molar-refractivity contribution is 0.0929. The first-order chi connectivity index (χ1) is 8.77. The van der Waals surface area contributed by atoms with Gasteiger partial charge in [0.25, 0.3) is 0 Å². The fourth-order valence-corrected chi connectivity index (χ4v) is 2.79. The van der Waals surface area contributed by atoms with Crippen LogP contribution in [0, 0.1) is 12.8 Å². The van der Waals surface area contributed by atoms with Crippen LogP contribution in [0.2, 0.25) is 0 Å². The van der Waals surface area contributed by atoms with Gasteiger partial charge in [-0.05, 0) is 35.2 Å². The minimum Gasteiger partial charge on any atom is -0.388 e. The lowest BCUT2D eigenvalue weighted by atomic mass is 9.90. The van der Waals surface area contributed by atoms with E-state index in [9.17, 15) is 5.11 Å². The number of aliphatic hydroxyl groups excluding tert-OH is 1. The number of hydrogen-bond donors (Lipinski definition) is 1. The molecule has 3 rings (SSSR count). The summed E-state index contributed by atoms with van der Waals surface area (Å²) in [5.41, 5.74) is 2.29. The molecule has 2 unspecified atom stereocenters. The molecule has 1 saturated heterocycles. The number of benzene rings is 2. The summed E-state index contributed by atoms with van der Waals surface area (Å²) in [6.07, 6.45) is 0.529. The summed E-state index contributed by atoms with van der Waals surface area (Å²) in [5.74, 6) is 0.233. The molecular formula is C16H18O2. The van der Waals surface area contributed by atoms with Crippen molar-refractivity contribution in [3.63, 3.8) is 0 Å². The second-order valence-electron chi connectivity index (χ2n) is 5.09. The summed E-state index contributed by atoms with van der Waals surface area (Å²) in [6.45, 7) is 3.55. The Morgan fingerprint density at radius 2 is 1.94 bits per heavy atom. The molecule has 2 atom stereocenters. The number of aliphatic hydroxyl groups is 1. The lowest BCUT2D eigenvalue weighted by Gasteiger charge is -2.19. The molecule has 1 heterocycles. The van der Waals surface area contributed by atoms with Crippen molar-refractivity contribution in [2.75, 3.05) is 13.2 Å². The van der Waals surface area contributed by atoms with E-state index < -0.39 is 6.10 Å². The monoisotopic (exact) mass is 242 g/mol. The molecule has 0 bridgehead atoms. The second-order valence-corrected chi connectivity index (χ2v) is 5.09. The summed E-state index contributed by atoms with van der Waals surface area (Å²) in [5, 5.41) is 12.9. The van der Waals surface area contributed by atoms with E-state index in [4.69, 9.17) is 4.74 Å². The molecule has 2 nitrogen and oxygen atoms in total. The van der Waals surface area contributed by atoms with Crippen molar-refractivity contribution >= 4 is 10.8 Å². The Kier molecular flexibility index (Phi) is 3.06. The molecule has 0 radical (unpaired) electrons. The Hall–Kier alpha value is -1.38. The van der Waals surface area contributed by atoms with Crippen LogP contribution in [0.1, 0.15) is 23.7 Å². The number of rotatable bonds is 2. The zero-order chi connectivity index (χ0) is 12.5. The molecule has 0 spiro atoms. The maximum atomic E-state index is 10.5. The Labute approximate surface area is 107 Å². The molecule has 1 aliphatic heterocycles. The third kappa shape index (κ3) is 1.92. The molecule has 0 aliphatic carbocycles. The minimum absolute atomic E-state index is 0.233. The third-order valence-corrected chi connectivity index (χ3v) is 3.91. The van der Waals surface area contributed by atoms with Gasteiger partial charge in [0.05, 0.1) is 12.7 Å². The standard InChI is InChI=1S/C16H18O2/c1-11-6-7-15(14-5-3-2-4-13(11)14)16(17)12-8-9-18-10-12/h2-7,12,16-17H,8-10H2,1H3. The van der Waals surface area contributed by atoms with Gasteiger partial charge in [-0.3, -0.25) is 0 Å². The number of fused-ring (bicyclic) bond motifs is 1. The van der Waals surface area contributed by atoms with Crippen molar-refractivity contribution in [2.45, 2.75) is 19.4 Å². The normalized spacial score (nSPS) is 21.3. The van der Waals surface area contributed by atoms with Gasteiger partial charge in [0.2, 0.25) is 0 Å². The van der Waals surface area contributed by atoms with Gasteiger partial charge in [-0.2, -0.15) is 0 Å². The molecule has 2 heteroatoms. The van der Waals surface area contributed by atoms with Crippen molar-refractivity contribution in [2.24, 2.45) is 5.92 Å². The highest BCUT2D eigenvalue weighted by Gasteiger charge is 2.26. The van der Waals surface area contributed by atoms with E-state index in [1.54, 1.807) is 0 Å². The highest BCUT2D eigenvalue weighted by molar-refractivity contribution is 5.88. The third-order valence-electron chi connectivity index (χ3n) is 3.91. The summed E-state index contributed by atoms with van der Waals surface area (Å²) < 4.78 is 5.38. The van der Waals surface area contributed by atoms with Crippen LogP contribution in [0.15, 0.2) is 36.4 Å². The van der Waals surface area contributed by atoms with Gasteiger partial charge in [0.15, 0.2) is 0 Å². The van der Waals surface area contributed by atoms with E-state index in [0.717, 1.165) is 24.0 Å². The second kappa shape index (κ2) is 4.71. The molecule has 94 valence electrons. The first-order valence-electron chi connectivity index (χ1n) is 6.51. The van der Waals surface area contributed by atoms with Crippen LogP contribution in [-0.2, 0) is 4.74 Å². The predicted octanol–water partition coefficient (Wildman–Crippen LogP) is 3.22. The van der Waals surface area contributed by atoms with Crippen LogP contribution in [-0.4, -0.2) is 18.3 Å². The summed E-state index contributed by atoms with van der Waals surface area (Å²) >= 11 is 0. The van der Waals surface area contributed by atoms with Gasteiger partial charge in [-0.25, -0.2) is 0 Å². The molecule has 1 N–H and O–H groups in total. The molecule has 1 aliphatic rings. The van der Waals surface area contributed by atoms with Gasteiger partial charge in [-0.1, -0.05) is 36.4 Å². The largest absolute Gasteiger partial charge is 0.388 e. The zero-order valence-electron chi connectivity index (χ0n) is 10.6. The minimum atomic E-state index is -0.419. The average molecular weight is 242 g/mol. The summed E-state index contributed by atoms with van der Waals surface area (Å²) in [6, 6.07) is 12.4. The maximum Gasteiger partial charge on any atom is 0.0847 e. The van der Waals surface area contributed by atoms with E-state index in [-0.39, 0.29) is 5.92 Å². The van der Waals surface area contributed by atoms with Crippen LogP contribution in [0.25, 0.3) is 10.8 Å². The number of ether oxygens (including phenoxy) is 1. The van der Waals surface area contributed by atoms with Gasteiger partial charge in [-0.15, -0.1) is 0 Å². The van der Waals surface area contributed by atoms with Crippen molar-refractivity contribution in [3.05, 3.63) is 47.5 Å². The molecular weight excluding hydrogens is 224 g/mol. The first-order valence-corrected chi connectivity index (χ1v) is 6.51. The molecule has 0 aromatic heterocycles. The SMILES string of the molecule is Cc1ccc(C(O)C2CCOC2)c2ccccc12. The fraction of sp³-hybridized carbons (Fsp3) is 0.375. The van der Waals surface area contributed by atoms with E-state index >= 15 is 0 Å². The summed E-state index contributed by atoms with van der Waals surface area (Å²) in [4.78, 5) is 0. The van der Waals surface area contributed by atoms with Crippen molar-refractivity contribution < 1.29 is 9.84 Å². The highest BCUT2D eigenvalue weighted by atomic mass is 16.5. The van der Waals surface area contributed by atoms with Crippen LogP contribution >= 0.6 is 0 Å². The van der Waals surface area contributed by atoms with Crippen molar-refractivity contribution in [3.8, 4) is 0 Å². The van der Waals surface area contributed by atoms with Gasteiger partial charge in [0, 0.05) is 12.5 Å². The Morgan fingerprint density at radius 3 is 2.67 bits per heavy atom. The molecule has 0 amide bonds. The van der Waals surface area contributed by atoms with Crippen LogP contribution in [0.4, 0.5) is 0 Å². The van der Waals surface area contributed by atoms with Crippen LogP contribution < -0.4 is 0 Å². The first kappa shape index (κ1) is 11.7. The van der Waals surface area contributed by atoms with Crippen molar-refractivity contribution in [1.29, 1.82) is 0 Å². The van der Waals surface area contributed by atoms with Gasteiger partial charge < -0.3 is 9.84 Å². The maximum absolute atomic E-state index is 10.5. The fourth-order valence-electron chi connectivity index (χ4n) is 2.79. The molecule has 18 heavy (non-hydrogen) atoms. The van der Waals surface area contributed by atoms with E-state index in [0.29, 0.717) is 6.61 Å². The van der Waals surface area contributed by atoms with E-state index in [1.807, 2.05) is 12.1 Å². The Balaban J connectivity index is 2.08. The smallest absolute Gasteiger partial charge is 0.0847 e. The lowest BCUT2D eigenvalue weighted by Crippen LogP contribution is -2.12. The number of hydrogen-bond acceptors (Lipinski definition) is 2. The van der Waals surface area contributed by atoms with Crippen molar-refractivity contribution in [1.82, 2.24) is 0 Å². The van der Waals surface area contributed by atoms with Gasteiger partial charge >= 0.3 is 0 Å². The van der Waals surface area contributed by atoms with Crippen LogP contribution in [0.5, 0.6) is 0 Å². The highest BCUT2D eigenvalue weighted by Crippen LogP contribution is 2.33. The average Bonchev–Trinajstić information content (AvgIpc) is 2.93. The van der Waals surface area contributed by atoms with E-state index in [2.05, 4.69) is 31.2 Å².